The van der Waals surface area contributed by atoms with Crippen molar-refractivity contribution in [3.05, 3.63) is 0 Å². The maximum absolute atomic E-state index is 10.2. The topological polar surface area (TPSA) is 32.7 Å². The average molecular weight is 257 g/mol. The second-order valence-electron chi connectivity index (χ2n) is 6.33. The highest BCUT2D eigenvalue weighted by Gasteiger charge is 2.34. The van der Waals surface area contributed by atoms with E-state index in [-0.39, 0.29) is 0 Å². The molecule has 1 rings (SSSR count). The molecule has 0 spiro atoms. The van der Waals surface area contributed by atoms with Gasteiger partial charge in [-0.1, -0.05) is 26.7 Å². The highest BCUT2D eigenvalue weighted by Crippen LogP contribution is 2.38. The van der Waals surface area contributed by atoms with E-state index in [0.717, 1.165) is 19.6 Å². The van der Waals surface area contributed by atoms with E-state index < -0.39 is 11.7 Å². The van der Waals surface area contributed by atoms with Gasteiger partial charge in [-0.2, -0.15) is 0 Å². The Morgan fingerprint density at radius 1 is 1.22 bits per heavy atom. The van der Waals surface area contributed by atoms with Gasteiger partial charge in [0, 0.05) is 13.7 Å². The quantitative estimate of drug-likeness (QED) is 0.794. The molecule has 0 amide bonds. The number of aliphatic hydroxyl groups is 1. The van der Waals surface area contributed by atoms with Crippen molar-refractivity contribution in [1.82, 2.24) is 4.90 Å². The van der Waals surface area contributed by atoms with Crippen molar-refractivity contribution in [2.45, 2.75) is 65.1 Å². The summed E-state index contributed by atoms with van der Waals surface area (Å²) in [6, 6.07) is 0. The van der Waals surface area contributed by atoms with Gasteiger partial charge in [0.05, 0.1) is 11.7 Å². The number of nitrogens with zero attached hydrogens (tertiary/aromatic N) is 1. The molecule has 3 heteroatoms. The summed E-state index contributed by atoms with van der Waals surface area (Å²) in [5.41, 5.74) is 0.0995. The van der Waals surface area contributed by atoms with Gasteiger partial charge >= 0.3 is 0 Å². The van der Waals surface area contributed by atoms with Crippen LogP contribution < -0.4 is 0 Å². The fourth-order valence-corrected chi connectivity index (χ4v) is 2.77. The maximum atomic E-state index is 10.2. The van der Waals surface area contributed by atoms with Crippen LogP contribution in [0.2, 0.25) is 0 Å². The number of hydrogen-bond acceptors (Lipinski definition) is 3. The Morgan fingerprint density at radius 2 is 1.72 bits per heavy atom. The van der Waals surface area contributed by atoms with Gasteiger partial charge in [0.25, 0.3) is 0 Å². The molecule has 1 saturated heterocycles. The third kappa shape index (κ3) is 3.69. The number of ether oxygens (including phenoxy) is 1. The molecular formula is C15H31NO2. The van der Waals surface area contributed by atoms with Crippen LogP contribution in [0.3, 0.4) is 0 Å². The third-order valence-corrected chi connectivity index (χ3v) is 5.18. The minimum Gasteiger partial charge on any atom is -0.389 e. The summed E-state index contributed by atoms with van der Waals surface area (Å²) in [6.45, 7) is 11.5. The molecule has 3 nitrogen and oxygen atoms in total. The second-order valence-corrected chi connectivity index (χ2v) is 6.33. The number of piperidine rings is 1. The van der Waals surface area contributed by atoms with Crippen molar-refractivity contribution in [1.29, 1.82) is 0 Å². The summed E-state index contributed by atoms with van der Waals surface area (Å²) in [5, 5.41) is 10.2. The minimum atomic E-state index is -0.454. The summed E-state index contributed by atoms with van der Waals surface area (Å²) in [6.07, 6.45) is 4.67. The molecule has 0 aromatic carbocycles. The van der Waals surface area contributed by atoms with Crippen LogP contribution in [0.4, 0.5) is 0 Å². The molecule has 1 aliphatic rings. The van der Waals surface area contributed by atoms with Crippen LogP contribution in [0.1, 0.15) is 53.4 Å². The van der Waals surface area contributed by atoms with Crippen molar-refractivity contribution in [3.63, 3.8) is 0 Å². The lowest BCUT2D eigenvalue weighted by Crippen LogP contribution is -2.49. The van der Waals surface area contributed by atoms with E-state index in [9.17, 15) is 5.11 Å². The van der Waals surface area contributed by atoms with Crippen LogP contribution in [-0.4, -0.2) is 48.5 Å². The average Bonchev–Trinajstić information content (AvgIpc) is 2.40. The Hall–Kier alpha value is -0.120. The molecule has 1 N–H and O–H groups in total. The number of β-amino-alcohol motifs (C(OH)–C–C–N with tert-alkyl or cyclic N) is 1. The van der Waals surface area contributed by atoms with E-state index in [4.69, 9.17) is 4.74 Å². The number of rotatable bonds is 6. The van der Waals surface area contributed by atoms with Crippen molar-refractivity contribution in [3.8, 4) is 0 Å². The van der Waals surface area contributed by atoms with Crippen LogP contribution in [-0.2, 0) is 4.74 Å². The van der Waals surface area contributed by atoms with Crippen molar-refractivity contribution < 1.29 is 9.84 Å². The van der Waals surface area contributed by atoms with E-state index in [1.54, 1.807) is 7.11 Å². The molecule has 1 unspecified atom stereocenters. The molecular weight excluding hydrogens is 226 g/mol. The molecule has 0 radical (unpaired) electrons. The zero-order chi connectivity index (χ0) is 13.8. The van der Waals surface area contributed by atoms with Gasteiger partial charge in [0.2, 0.25) is 0 Å². The zero-order valence-electron chi connectivity index (χ0n) is 12.8. The molecule has 0 aromatic heterocycles. The molecule has 1 aliphatic heterocycles. The van der Waals surface area contributed by atoms with Crippen LogP contribution in [0.5, 0.6) is 0 Å². The predicted octanol–water partition coefficient (Wildman–Crippen LogP) is 2.67. The molecule has 1 heterocycles. The Bertz CT molecular complexity index is 239. The third-order valence-electron chi connectivity index (χ3n) is 5.18. The smallest absolute Gasteiger partial charge is 0.0950 e. The number of hydrogen-bond donors (Lipinski definition) is 1. The van der Waals surface area contributed by atoms with E-state index >= 15 is 0 Å². The lowest BCUT2D eigenvalue weighted by Gasteiger charge is -2.42. The van der Waals surface area contributed by atoms with Crippen LogP contribution in [0.15, 0.2) is 0 Å². The van der Waals surface area contributed by atoms with E-state index in [2.05, 4.69) is 18.7 Å². The Kier molecular flexibility index (Phi) is 5.63. The first-order chi connectivity index (χ1) is 8.39. The van der Waals surface area contributed by atoms with Gasteiger partial charge in [-0.15, -0.1) is 0 Å². The van der Waals surface area contributed by atoms with Crippen LogP contribution >= 0.6 is 0 Å². The summed E-state index contributed by atoms with van der Waals surface area (Å²) < 4.78 is 5.35. The molecule has 108 valence electrons. The van der Waals surface area contributed by atoms with Crippen LogP contribution in [0, 0.1) is 5.41 Å². The summed E-state index contributed by atoms with van der Waals surface area (Å²) in [7, 11) is 1.67. The SMILES string of the molecule is CCC1(CC)CCN(CC(O)C(C)(C)OC)CC1. The molecule has 0 aliphatic carbocycles. The fraction of sp³-hybridized carbons (Fsp3) is 1.00. The summed E-state index contributed by atoms with van der Waals surface area (Å²) in [4.78, 5) is 2.38. The van der Waals surface area contributed by atoms with E-state index in [0.29, 0.717) is 5.41 Å². The monoisotopic (exact) mass is 257 g/mol. The molecule has 18 heavy (non-hydrogen) atoms. The maximum Gasteiger partial charge on any atom is 0.0950 e. The number of aliphatic hydroxyl groups excluding tert-OH is 1. The van der Waals surface area contributed by atoms with Crippen LogP contribution in [0.25, 0.3) is 0 Å². The highest BCUT2D eigenvalue weighted by atomic mass is 16.5. The number of likely N-dealkylation sites (tertiary alicyclic amines) is 1. The first kappa shape index (κ1) is 15.9. The van der Waals surface area contributed by atoms with Gasteiger partial charge in [0.15, 0.2) is 0 Å². The summed E-state index contributed by atoms with van der Waals surface area (Å²) >= 11 is 0. The van der Waals surface area contributed by atoms with Gasteiger partial charge in [0.1, 0.15) is 0 Å². The second kappa shape index (κ2) is 6.36. The minimum absolute atomic E-state index is 0.418. The van der Waals surface area contributed by atoms with E-state index in [1.807, 2.05) is 13.8 Å². The van der Waals surface area contributed by atoms with Crippen molar-refractivity contribution in [2.24, 2.45) is 5.41 Å². The molecule has 0 bridgehead atoms. The standard InChI is InChI=1S/C15H31NO2/c1-6-15(7-2)8-10-16(11-9-15)12-13(17)14(3,4)18-5/h13,17H,6-12H2,1-5H3. The molecule has 1 atom stereocenters. The number of methoxy groups -OCH3 is 1. The Labute approximate surface area is 113 Å². The van der Waals surface area contributed by atoms with Gasteiger partial charge < -0.3 is 14.7 Å². The lowest BCUT2D eigenvalue weighted by molar-refractivity contribution is -0.0917. The fourth-order valence-electron chi connectivity index (χ4n) is 2.77. The first-order valence-electron chi connectivity index (χ1n) is 7.34. The largest absolute Gasteiger partial charge is 0.389 e. The Morgan fingerprint density at radius 3 is 2.11 bits per heavy atom. The predicted molar refractivity (Wildman–Crippen MR) is 75.8 cm³/mol. The van der Waals surface area contributed by atoms with Crippen molar-refractivity contribution in [2.75, 3.05) is 26.7 Å². The molecule has 1 fully saturated rings. The summed E-state index contributed by atoms with van der Waals surface area (Å²) in [5.74, 6) is 0. The lowest BCUT2D eigenvalue weighted by atomic mass is 9.74. The normalized spacial score (nSPS) is 23.0. The van der Waals surface area contributed by atoms with E-state index in [1.165, 1.54) is 25.7 Å². The van der Waals surface area contributed by atoms with Gasteiger partial charge in [-0.25, -0.2) is 0 Å². The van der Waals surface area contributed by atoms with Gasteiger partial charge in [-0.3, -0.25) is 0 Å². The zero-order valence-corrected chi connectivity index (χ0v) is 12.8. The highest BCUT2D eigenvalue weighted by molar-refractivity contribution is 4.87. The Balaban J connectivity index is 2.45. The van der Waals surface area contributed by atoms with Crippen molar-refractivity contribution >= 4 is 0 Å². The molecule has 0 aromatic rings. The van der Waals surface area contributed by atoms with Gasteiger partial charge in [-0.05, 0) is 45.2 Å². The first-order valence-corrected chi connectivity index (χ1v) is 7.34. The molecule has 0 saturated carbocycles.